The molecule has 0 atom stereocenters. The van der Waals surface area contributed by atoms with E-state index in [0.717, 1.165) is 5.56 Å². The van der Waals surface area contributed by atoms with Gasteiger partial charge in [0, 0.05) is 23.0 Å². The first-order chi connectivity index (χ1) is 11.1. The number of hydrogen-bond donors (Lipinski definition) is 1. The maximum absolute atomic E-state index is 11.6. The number of rotatable bonds is 2. The van der Waals surface area contributed by atoms with Gasteiger partial charge in [0.25, 0.3) is 0 Å². The normalized spacial score (nSPS) is 9.96. The minimum atomic E-state index is -1.04. The highest BCUT2D eigenvalue weighted by Crippen LogP contribution is 2.25. The fourth-order valence-corrected chi connectivity index (χ4v) is 2.50. The predicted octanol–water partition coefficient (Wildman–Crippen LogP) is 4.23. The topological polar surface area (TPSA) is 42.2 Å². The lowest BCUT2D eigenvalue weighted by atomic mass is 10.1. The van der Waals surface area contributed by atoms with Gasteiger partial charge in [-0.3, -0.25) is 0 Å². The molecule has 0 saturated heterocycles. The Morgan fingerprint density at radius 3 is 2.35 bits per heavy atom. The molecule has 0 aliphatic carbocycles. The van der Waals surface area contributed by atoms with E-state index in [2.05, 4.69) is 11.8 Å². The van der Waals surface area contributed by atoms with Crippen LogP contribution in [0.25, 0.3) is 5.69 Å². The second-order valence-electron chi connectivity index (χ2n) is 4.86. The maximum atomic E-state index is 11.6. The van der Waals surface area contributed by atoms with E-state index in [4.69, 9.17) is 11.6 Å². The summed E-state index contributed by atoms with van der Waals surface area (Å²) >= 11 is 6.07. The second-order valence-corrected chi connectivity index (χ2v) is 5.30. The minimum Gasteiger partial charge on any atom is -0.478 e. The molecule has 1 aromatic heterocycles. The molecule has 4 heteroatoms. The van der Waals surface area contributed by atoms with Crippen LogP contribution in [0.15, 0.2) is 67.0 Å². The molecule has 0 amide bonds. The lowest BCUT2D eigenvalue weighted by Gasteiger charge is -2.11. The Balaban J connectivity index is 2.20. The fraction of sp³-hybridized carbons (Fsp3) is 0. The van der Waals surface area contributed by atoms with E-state index in [1.54, 1.807) is 23.0 Å². The average Bonchev–Trinajstić information content (AvgIpc) is 3.07. The molecule has 112 valence electrons. The van der Waals surface area contributed by atoms with Crippen molar-refractivity contribution in [3.8, 4) is 17.5 Å². The average molecular weight is 322 g/mol. The van der Waals surface area contributed by atoms with Crippen LogP contribution in [0.4, 0.5) is 0 Å². The number of aromatic carboxylic acids is 1. The third-order valence-corrected chi connectivity index (χ3v) is 3.50. The van der Waals surface area contributed by atoms with Crippen LogP contribution >= 0.6 is 11.6 Å². The van der Waals surface area contributed by atoms with Crippen molar-refractivity contribution in [2.45, 2.75) is 0 Å². The number of carboxylic acids is 1. The summed E-state index contributed by atoms with van der Waals surface area (Å²) in [5, 5.41) is 9.82. The van der Waals surface area contributed by atoms with Crippen molar-refractivity contribution in [2.24, 2.45) is 0 Å². The van der Waals surface area contributed by atoms with Crippen molar-refractivity contribution in [3.05, 3.63) is 88.7 Å². The lowest BCUT2D eigenvalue weighted by molar-refractivity contribution is 0.0697. The molecule has 1 heterocycles. The van der Waals surface area contributed by atoms with E-state index in [1.807, 2.05) is 42.5 Å². The quantitative estimate of drug-likeness (QED) is 0.718. The molecule has 2 aromatic carbocycles. The zero-order chi connectivity index (χ0) is 16.2. The summed E-state index contributed by atoms with van der Waals surface area (Å²) in [4.78, 5) is 11.6. The van der Waals surface area contributed by atoms with Crippen molar-refractivity contribution >= 4 is 17.6 Å². The molecular formula is C19H12ClNO2. The van der Waals surface area contributed by atoms with Gasteiger partial charge in [0.1, 0.15) is 0 Å². The first kappa shape index (κ1) is 15.0. The van der Waals surface area contributed by atoms with E-state index in [1.165, 1.54) is 6.07 Å². The van der Waals surface area contributed by atoms with Gasteiger partial charge >= 0.3 is 5.97 Å². The summed E-state index contributed by atoms with van der Waals surface area (Å²) < 4.78 is 1.73. The Kier molecular flexibility index (Phi) is 4.18. The fourth-order valence-electron chi connectivity index (χ4n) is 2.28. The Morgan fingerprint density at radius 2 is 1.70 bits per heavy atom. The van der Waals surface area contributed by atoms with Gasteiger partial charge in [0.15, 0.2) is 0 Å². The number of hydrogen-bond acceptors (Lipinski definition) is 1. The van der Waals surface area contributed by atoms with Crippen LogP contribution in [0.3, 0.4) is 0 Å². The number of aromatic nitrogens is 1. The summed E-state index contributed by atoms with van der Waals surface area (Å²) in [6, 6.07) is 16.3. The summed E-state index contributed by atoms with van der Waals surface area (Å²) in [6.07, 6.45) is 3.56. The van der Waals surface area contributed by atoms with E-state index in [9.17, 15) is 9.90 Å². The third-order valence-electron chi connectivity index (χ3n) is 3.28. The van der Waals surface area contributed by atoms with Gasteiger partial charge < -0.3 is 9.67 Å². The summed E-state index contributed by atoms with van der Waals surface area (Å²) in [6.45, 7) is 0. The molecule has 0 spiro atoms. The Bertz CT molecular complexity index is 904. The van der Waals surface area contributed by atoms with Gasteiger partial charge in [-0.15, -0.1) is 0 Å². The second kappa shape index (κ2) is 6.43. The molecule has 1 N–H and O–H groups in total. The van der Waals surface area contributed by atoms with Crippen LogP contribution in [-0.2, 0) is 0 Å². The first-order valence-electron chi connectivity index (χ1n) is 6.92. The van der Waals surface area contributed by atoms with Crippen LogP contribution in [0, 0.1) is 11.8 Å². The molecule has 3 aromatic rings. The molecule has 0 aliphatic rings. The van der Waals surface area contributed by atoms with Crippen molar-refractivity contribution in [2.75, 3.05) is 0 Å². The summed E-state index contributed by atoms with van der Waals surface area (Å²) in [7, 11) is 0. The van der Waals surface area contributed by atoms with E-state index in [-0.39, 0.29) is 5.56 Å². The lowest BCUT2D eigenvalue weighted by Crippen LogP contribution is -2.06. The molecule has 3 nitrogen and oxygen atoms in total. The van der Waals surface area contributed by atoms with Crippen LogP contribution in [-0.4, -0.2) is 15.6 Å². The van der Waals surface area contributed by atoms with Gasteiger partial charge in [0.2, 0.25) is 0 Å². The van der Waals surface area contributed by atoms with Crippen LogP contribution < -0.4 is 0 Å². The summed E-state index contributed by atoms with van der Waals surface area (Å²) in [5.74, 6) is 5.03. The van der Waals surface area contributed by atoms with Crippen molar-refractivity contribution in [1.82, 2.24) is 4.57 Å². The molecular weight excluding hydrogens is 310 g/mol. The van der Waals surface area contributed by atoms with Crippen LogP contribution in [0.2, 0.25) is 5.02 Å². The monoisotopic (exact) mass is 321 g/mol. The number of benzene rings is 2. The largest absolute Gasteiger partial charge is 0.478 e. The van der Waals surface area contributed by atoms with Gasteiger partial charge in [-0.25, -0.2) is 4.79 Å². The third kappa shape index (κ3) is 3.28. The van der Waals surface area contributed by atoms with Crippen LogP contribution in [0.1, 0.15) is 21.5 Å². The van der Waals surface area contributed by atoms with Gasteiger partial charge in [-0.05, 0) is 36.4 Å². The number of halogens is 1. The van der Waals surface area contributed by atoms with Crippen molar-refractivity contribution < 1.29 is 9.90 Å². The summed E-state index contributed by atoms with van der Waals surface area (Å²) in [5.41, 5.74) is 2.04. The van der Waals surface area contributed by atoms with Crippen LogP contribution in [0.5, 0.6) is 0 Å². The molecule has 0 bridgehead atoms. The molecule has 0 fully saturated rings. The number of nitrogens with zero attached hydrogens (tertiary/aromatic N) is 1. The Hall–Kier alpha value is -2.96. The predicted molar refractivity (Wildman–Crippen MR) is 90.2 cm³/mol. The SMILES string of the molecule is O=C(O)c1cc(Cl)cc(C#Cc2ccccc2)c1-n1cccc1. The molecule has 0 radical (unpaired) electrons. The maximum Gasteiger partial charge on any atom is 0.337 e. The Labute approximate surface area is 138 Å². The molecule has 0 unspecified atom stereocenters. The molecule has 3 rings (SSSR count). The minimum absolute atomic E-state index is 0.117. The van der Waals surface area contributed by atoms with Gasteiger partial charge in [-0.2, -0.15) is 0 Å². The van der Waals surface area contributed by atoms with E-state index < -0.39 is 5.97 Å². The highest BCUT2D eigenvalue weighted by atomic mass is 35.5. The van der Waals surface area contributed by atoms with Crippen molar-refractivity contribution in [3.63, 3.8) is 0 Å². The number of carboxylic acid groups (broad SMARTS) is 1. The van der Waals surface area contributed by atoms with Gasteiger partial charge in [0.05, 0.1) is 16.8 Å². The van der Waals surface area contributed by atoms with E-state index in [0.29, 0.717) is 16.3 Å². The standard InChI is InChI=1S/C19H12ClNO2/c20-16-12-15(9-8-14-6-2-1-3-7-14)18(17(13-16)19(22)23)21-10-4-5-11-21/h1-7,10-13H,(H,22,23). The van der Waals surface area contributed by atoms with E-state index >= 15 is 0 Å². The first-order valence-corrected chi connectivity index (χ1v) is 7.30. The highest BCUT2D eigenvalue weighted by Gasteiger charge is 2.16. The zero-order valence-electron chi connectivity index (χ0n) is 12.0. The highest BCUT2D eigenvalue weighted by molar-refractivity contribution is 6.31. The zero-order valence-corrected chi connectivity index (χ0v) is 12.8. The van der Waals surface area contributed by atoms with Crippen molar-refractivity contribution in [1.29, 1.82) is 0 Å². The number of carbonyl (C=O) groups is 1. The molecule has 23 heavy (non-hydrogen) atoms. The molecule has 0 saturated carbocycles. The molecule has 0 aliphatic heterocycles. The Morgan fingerprint density at radius 1 is 1.00 bits per heavy atom. The smallest absolute Gasteiger partial charge is 0.337 e. The van der Waals surface area contributed by atoms with Gasteiger partial charge in [-0.1, -0.05) is 41.6 Å².